The minimum absolute atomic E-state index is 0.288. The van der Waals surface area contributed by atoms with Gasteiger partial charge in [-0.05, 0) is 33.2 Å². The number of nitrogens with two attached hydrogens (primary N) is 1. The first-order valence-corrected chi connectivity index (χ1v) is 6.27. The number of rotatable bonds is 3. The highest BCUT2D eigenvalue weighted by atomic mass is 16.3. The van der Waals surface area contributed by atoms with Crippen molar-refractivity contribution < 1.29 is 4.42 Å². The molecule has 0 amide bonds. The van der Waals surface area contributed by atoms with E-state index in [1.54, 1.807) is 0 Å². The Morgan fingerprint density at radius 3 is 2.76 bits per heavy atom. The van der Waals surface area contributed by atoms with Crippen molar-refractivity contribution >= 4 is 0 Å². The minimum atomic E-state index is 0.288. The normalized spacial score (nSPS) is 25.1. The molecule has 0 aromatic carbocycles. The Morgan fingerprint density at radius 2 is 2.18 bits per heavy atom. The van der Waals surface area contributed by atoms with Gasteiger partial charge in [0.2, 0.25) is 0 Å². The molecule has 2 heterocycles. The Hall–Kier alpha value is -0.840. The molecule has 0 radical (unpaired) electrons. The van der Waals surface area contributed by atoms with Gasteiger partial charge >= 0.3 is 0 Å². The Bertz CT molecular complexity index is 363. The minimum Gasteiger partial charge on any atom is -0.466 e. The van der Waals surface area contributed by atoms with Crippen molar-refractivity contribution in [2.75, 3.05) is 40.3 Å². The molecule has 1 saturated heterocycles. The lowest BCUT2D eigenvalue weighted by Gasteiger charge is -2.41. The molecule has 0 bridgehead atoms. The summed E-state index contributed by atoms with van der Waals surface area (Å²) in [5, 5.41) is 0. The van der Waals surface area contributed by atoms with Crippen LogP contribution in [0.5, 0.6) is 0 Å². The predicted octanol–water partition coefficient (Wildman–Crippen LogP) is 0.876. The lowest BCUT2D eigenvalue weighted by Crippen LogP contribution is -2.53. The first kappa shape index (κ1) is 12.6. The quantitative estimate of drug-likeness (QED) is 0.847. The Kier molecular flexibility index (Phi) is 3.86. The number of nitrogens with zero attached hydrogens (tertiary/aromatic N) is 2. The molecule has 2 N–H and O–H groups in total. The summed E-state index contributed by atoms with van der Waals surface area (Å²) < 4.78 is 5.75. The van der Waals surface area contributed by atoms with E-state index < -0.39 is 0 Å². The van der Waals surface area contributed by atoms with Crippen LogP contribution in [0, 0.1) is 6.92 Å². The van der Waals surface area contributed by atoms with Crippen molar-refractivity contribution in [2.45, 2.75) is 18.9 Å². The van der Waals surface area contributed by atoms with Crippen LogP contribution in [-0.2, 0) is 0 Å². The third-order valence-electron chi connectivity index (χ3n) is 3.74. The van der Waals surface area contributed by atoms with Gasteiger partial charge in [0.05, 0.1) is 0 Å². The number of piperazine rings is 1. The van der Waals surface area contributed by atoms with Crippen LogP contribution in [0.3, 0.4) is 0 Å². The van der Waals surface area contributed by atoms with Crippen molar-refractivity contribution in [1.82, 2.24) is 9.80 Å². The molecule has 1 aromatic heterocycles. The largest absolute Gasteiger partial charge is 0.466 e. The Labute approximate surface area is 103 Å². The molecule has 96 valence electrons. The van der Waals surface area contributed by atoms with Gasteiger partial charge in [-0.1, -0.05) is 0 Å². The zero-order chi connectivity index (χ0) is 12.4. The summed E-state index contributed by atoms with van der Waals surface area (Å²) in [6.07, 6.45) is 0. The summed E-state index contributed by atoms with van der Waals surface area (Å²) in [6.45, 7) is 5.89. The first-order chi connectivity index (χ1) is 8.11. The van der Waals surface area contributed by atoms with E-state index in [1.165, 1.54) is 0 Å². The van der Waals surface area contributed by atoms with Gasteiger partial charge in [-0.25, -0.2) is 0 Å². The lowest BCUT2D eigenvalue weighted by atomic mass is 9.94. The van der Waals surface area contributed by atoms with Gasteiger partial charge in [0.1, 0.15) is 11.5 Å². The zero-order valence-corrected chi connectivity index (χ0v) is 11.0. The fourth-order valence-corrected chi connectivity index (χ4v) is 2.59. The van der Waals surface area contributed by atoms with E-state index in [2.05, 4.69) is 30.0 Å². The van der Waals surface area contributed by atoms with E-state index >= 15 is 0 Å². The molecule has 1 aromatic rings. The maximum Gasteiger partial charge on any atom is 0.110 e. The number of furan rings is 1. The smallest absolute Gasteiger partial charge is 0.110 e. The summed E-state index contributed by atoms with van der Waals surface area (Å²) in [5.41, 5.74) is 5.95. The van der Waals surface area contributed by atoms with E-state index in [4.69, 9.17) is 10.2 Å². The number of hydrogen-bond acceptors (Lipinski definition) is 4. The van der Waals surface area contributed by atoms with Gasteiger partial charge in [-0.2, -0.15) is 0 Å². The molecule has 17 heavy (non-hydrogen) atoms. The molecule has 4 nitrogen and oxygen atoms in total. The molecular formula is C13H23N3O. The van der Waals surface area contributed by atoms with Crippen LogP contribution in [0.1, 0.15) is 17.4 Å². The molecule has 1 aliphatic rings. The number of aryl methyl sites for hydroxylation is 1. The van der Waals surface area contributed by atoms with Crippen LogP contribution in [0.2, 0.25) is 0 Å². The molecule has 0 aliphatic carbocycles. The highest BCUT2D eigenvalue weighted by molar-refractivity contribution is 5.14. The molecule has 1 fully saturated rings. The van der Waals surface area contributed by atoms with Crippen LogP contribution in [0.15, 0.2) is 16.5 Å². The average molecular weight is 237 g/mol. The van der Waals surface area contributed by atoms with Gasteiger partial charge in [0.25, 0.3) is 0 Å². The van der Waals surface area contributed by atoms with Crippen molar-refractivity contribution in [1.29, 1.82) is 0 Å². The Morgan fingerprint density at radius 1 is 1.41 bits per heavy atom. The summed E-state index contributed by atoms with van der Waals surface area (Å²) in [6, 6.07) is 4.53. The maximum absolute atomic E-state index is 5.95. The zero-order valence-electron chi connectivity index (χ0n) is 11.0. The van der Waals surface area contributed by atoms with Gasteiger partial charge in [-0.15, -0.1) is 0 Å². The summed E-state index contributed by atoms with van der Waals surface area (Å²) >= 11 is 0. The summed E-state index contributed by atoms with van der Waals surface area (Å²) in [4.78, 5) is 4.76. The monoisotopic (exact) mass is 237 g/mol. The third kappa shape index (κ3) is 2.70. The fraction of sp³-hybridized carbons (Fsp3) is 0.692. The Balaban J connectivity index is 2.16. The van der Waals surface area contributed by atoms with Crippen LogP contribution >= 0.6 is 0 Å². The lowest BCUT2D eigenvalue weighted by molar-refractivity contribution is 0.0923. The second-order valence-corrected chi connectivity index (χ2v) is 5.10. The summed E-state index contributed by atoms with van der Waals surface area (Å²) in [7, 11) is 4.34. The molecule has 2 atom stereocenters. The standard InChI is InChI=1S/C13H23N3O/c1-10-4-5-13(17-10)11(8-14)12-9-15(2)6-7-16(12)3/h4-5,11-12H,6-9,14H2,1-3H3. The average Bonchev–Trinajstić information content (AvgIpc) is 2.71. The molecular weight excluding hydrogens is 214 g/mol. The van der Waals surface area contributed by atoms with Crippen molar-refractivity contribution in [3.63, 3.8) is 0 Å². The molecule has 0 spiro atoms. The van der Waals surface area contributed by atoms with Crippen molar-refractivity contribution in [2.24, 2.45) is 5.73 Å². The number of likely N-dealkylation sites (N-methyl/N-ethyl adjacent to an activating group) is 2. The third-order valence-corrected chi connectivity index (χ3v) is 3.74. The van der Waals surface area contributed by atoms with Gasteiger partial charge < -0.3 is 20.0 Å². The molecule has 4 heteroatoms. The van der Waals surface area contributed by atoms with Crippen LogP contribution in [0.25, 0.3) is 0 Å². The van der Waals surface area contributed by atoms with Crippen molar-refractivity contribution in [3.05, 3.63) is 23.7 Å². The van der Waals surface area contributed by atoms with Gasteiger partial charge in [-0.3, -0.25) is 0 Å². The molecule has 1 aliphatic heterocycles. The fourth-order valence-electron chi connectivity index (χ4n) is 2.59. The molecule has 2 unspecified atom stereocenters. The SMILES string of the molecule is Cc1ccc(C(CN)C2CN(C)CCN2C)o1. The van der Waals surface area contributed by atoms with Crippen LogP contribution in [0.4, 0.5) is 0 Å². The first-order valence-electron chi connectivity index (χ1n) is 6.27. The van der Waals surface area contributed by atoms with E-state index in [1.807, 2.05) is 13.0 Å². The second-order valence-electron chi connectivity index (χ2n) is 5.10. The molecule has 2 rings (SSSR count). The highest BCUT2D eigenvalue weighted by Crippen LogP contribution is 2.26. The van der Waals surface area contributed by atoms with E-state index in [0.29, 0.717) is 12.6 Å². The van der Waals surface area contributed by atoms with Crippen molar-refractivity contribution in [3.8, 4) is 0 Å². The summed E-state index contributed by atoms with van der Waals surface area (Å²) in [5.74, 6) is 2.28. The highest BCUT2D eigenvalue weighted by Gasteiger charge is 2.31. The maximum atomic E-state index is 5.95. The van der Waals surface area contributed by atoms with E-state index in [9.17, 15) is 0 Å². The van der Waals surface area contributed by atoms with Crippen LogP contribution < -0.4 is 5.73 Å². The predicted molar refractivity (Wildman–Crippen MR) is 69.2 cm³/mol. The van der Waals surface area contributed by atoms with Crippen LogP contribution in [-0.4, -0.2) is 56.1 Å². The van der Waals surface area contributed by atoms with Gasteiger partial charge in [0.15, 0.2) is 0 Å². The topological polar surface area (TPSA) is 45.6 Å². The second kappa shape index (κ2) is 5.21. The van der Waals surface area contributed by atoms with Gasteiger partial charge in [0, 0.05) is 38.1 Å². The van der Waals surface area contributed by atoms with E-state index in [0.717, 1.165) is 31.2 Å². The van der Waals surface area contributed by atoms with E-state index in [-0.39, 0.29) is 5.92 Å². The number of hydrogen-bond donors (Lipinski definition) is 1. The molecule has 0 saturated carbocycles.